The Kier molecular flexibility index (Phi) is 3.20. The fraction of sp³-hybridized carbons (Fsp3) is 0.214. The lowest BCUT2D eigenvalue weighted by atomic mass is 9.99. The quantitative estimate of drug-likeness (QED) is 0.731. The van der Waals surface area contributed by atoms with E-state index < -0.39 is 0 Å². The Morgan fingerprint density at radius 3 is 2.69 bits per heavy atom. The van der Waals surface area contributed by atoms with Gasteiger partial charge in [0.05, 0.1) is 12.7 Å². The maximum atomic E-state index is 12.0. The molecule has 0 radical (unpaired) electrons. The molecule has 0 fully saturated rings. The molecule has 82 valence electrons. The lowest BCUT2D eigenvalue weighted by molar-refractivity contribution is 0.0986. The van der Waals surface area contributed by atoms with Gasteiger partial charge in [-0.05, 0) is 24.1 Å². The lowest BCUT2D eigenvalue weighted by Crippen LogP contribution is -2.06. The van der Waals surface area contributed by atoms with E-state index in [0.29, 0.717) is 6.42 Å². The Labute approximate surface area is 94.9 Å². The molecule has 2 nitrogen and oxygen atoms in total. The molecule has 2 aromatic rings. The number of rotatable bonds is 4. The lowest BCUT2D eigenvalue weighted by Gasteiger charge is -2.05. The third kappa shape index (κ3) is 2.22. The first kappa shape index (κ1) is 10.7. The Morgan fingerprint density at radius 2 is 2.00 bits per heavy atom. The van der Waals surface area contributed by atoms with E-state index >= 15 is 0 Å². The predicted octanol–water partition coefficient (Wildman–Crippen LogP) is 3.27. The van der Waals surface area contributed by atoms with Crippen LogP contribution in [0.1, 0.15) is 28.6 Å². The first-order valence-electron chi connectivity index (χ1n) is 5.44. The fourth-order valence-electron chi connectivity index (χ4n) is 1.77. The van der Waals surface area contributed by atoms with Crippen LogP contribution in [0.4, 0.5) is 0 Å². The summed E-state index contributed by atoms with van der Waals surface area (Å²) in [5.74, 6) is 0.836. The molecule has 0 saturated carbocycles. The van der Waals surface area contributed by atoms with Crippen molar-refractivity contribution in [3.05, 3.63) is 59.5 Å². The summed E-state index contributed by atoms with van der Waals surface area (Å²) in [7, 11) is 0. The van der Waals surface area contributed by atoms with Gasteiger partial charge in [0.25, 0.3) is 0 Å². The van der Waals surface area contributed by atoms with Crippen molar-refractivity contribution < 1.29 is 9.21 Å². The summed E-state index contributed by atoms with van der Waals surface area (Å²) in [5, 5.41) is 0. The number of carbonyl (C=O) groups is 1. The van der Waals surface area contributed by atoms with Gasteiger partial charge in [-0.2, -0.15) is 0 Å². The van der Waals surface area contributed by atoms with Crippen LogP contribution in [-0.4, -0.2) is 5.78 Å². The number of ketones is 1. The van der Waals surface area contributed by atoms with E-state index in [-0.39, 0.29) is 5.78 Å². The number of aryl methyl sites for hydroxylation is 1. The van der Waals surface area contributed by atoms with Gasteiger partial charge in [0.2, 0.25) is 0 Å². The van der Waals surface area contributed by atoms with Crippen LogP contribution < -0.4 is 0 Å². The van der Waals surface area contributed by atoms with Gasteiger partial charge < -0.3 is 4.42 Å². The molecular formula is C14H14O2. The van der Waals surface area contributed by atoms with E-state index in [4.69, 9.17) is 4.42 Å². The maximum Gasteiger partial charge on any atom is 0.170 e. The van der Waals surface area contributed by atoms with Crippen LogP contribution in [0.5, 0.6) is 0 Å². The molecule has 2 heteroatoms. The molecule has 1 heterocycles. The number of Topliss-reactive ketones (excluding diaryl/α,β-unsaturated/α-hetero) is 1. The van der Waals surface area contributed by atoms with Crippen LogP contribution in [0, 0.1) is 0 Å². The van der Waals surface area contributed by atoms with Gasteiger partial charge in [-0.15, -0.1) is 0 Å². The maximum absolute atomic E-state index is 12.0. The average Bonchev–Trinajstić information content (AvgIpc) is 2.81. The minimum absolute atomic E-state index is 0.118. The number of hydrogen-bond donors (Lipinski definition) is 0. The SMILES string of the molecule is CCc1ccccc1C(=O)Cc1ccco1. The van der Waals surface area contributed by atoms with Gasteiger partial charge in [-0.3, -0.25) is 4.79 Å². The third-order valence-electron chi connectivity index (χ3n) is 2.61. The molecule has 2 rings (SSSR count). The van der Waals surface area contributed by atoms with Crippen LogP contribution in [0.25, 0.3) is 0 Å². The van der Waals surface area contributed by atoms with Gasteiger partial charge in [-0.1, -0.05) is 31.2 Å². The highest BCUT2D eigenvalue weighted by molar-refractivity contribution is 5.98. The second-order valence-electron chi connectivity index (χ2n) is 3.69. The summed E-state index contributed by atoms with van der Waals surface area (Å²) in [5.41, 5.74) is 1.90. The molecule has 0 aliphatic heterocycles. The summed E-state index contributed by atoms with van der Waals surface area (Å²) < 4.78 is 5.18. The molecule has 0 N–H and O–H groups in total. The second kappa shape index (κ2) is 4.79. The molecule has 0 aliphatic carbocycles. The summed E-state index contributed by atoms with van der Waals surface area (Å²) in [6.45, 7) is 2.05. The zero-order valence-electron chi connectivity index (χ0n) is 9.27. The molecule has 0 aliphatic rings. The van der Waals surface area contributed by atoms with Crippen molar-refractivity contribution in [2.45, 2.75) is 19.8 Å². The highest BCUT2D eigenvalue weighted by atomic mass is 16.3. The minimum Gasteiger partial charge on any atom is -0.469 e. The van der Waals surface area contributed by atoms with Crippen molar-refractivity contribution in [1.82, 2.24) is 0 Å². The van der Waals surface area contributed by atoms with Gasteiger partial charge >= 0.3 is 0 Å². The van der Waals surface area contributed by atoms with E-state index in [0.717, 1.165) is 23.3 Å². The highest BCUT2D eigenvalue weighted by Gasteiger charge is 2.11. The van der Waals surface area contributed by atoms with E-state index in [1.165, 1.54) is 0 Å². The molecule has 0 spiro atoms. The third-order valence-corrected chi connectivity index (χ3v) is 2.61. The normalized spacial score (nSPS) is 10.3. The predicted molar refractivity (Wildman–Crippen MR) is 62.6 cm³/mol. The summed E-state index contributed by atoms with van der Waals surface area (Å²) >= 11 is 0. The first-order chi connectivity index (χ1) is 7.81. The Bertz CT molecular complexity index is 469. The number of carbonyl (C=O) groups excluding carboxylic acids is 1. The largest absolute Gasteiger partial charge is 0.469 e. The van der Waals surface area contributed by atoms with Gasteiger partial charge in [0, 0.05) is 5.56 Å². The summed E-state index contributed by atoms with van der Waals surface area (Å²) in [4.78, 5) is 12.0. The Balaban J connectivity index is 2.21. The van der Waals surface area contributed by atoms with Crippen LogP contribution in [0.3, 0.4) is 0 Å². The van der Waals surface area contributed by atoms with E-state index in [9.17, 15) is 4.79 Å². The van der Waals surface area contributed by atoms with Crippen molar-refractivity contribution in [1.29, 1.82) is 0 Å². The van der Waals surface area contributed by atoms with Crippen molar-refractivity contribution in [2.24, 2.45) is 0 Å². The van der Waals surface area contributed by atoms with Gasteiger partial charge in [0.1, 0.15) is 5.76 Å². The van der Waals surface area contributed by atoms with Crippen molar-refractivity contribution in [2.75, 3.05) is 0 Å². The van der Waals surface area contributed by atoms with Gasteiger partial charge in [-0.25, -0.2) is 0 Å². The highest BCUT2D eigenvalue weighted by Crippen LogP contribution is 2.13. The monoisotopic (exact) mass is 214 g/mol. The first-order valence-corrected chi connectivity index (χ1v) is 5.44. The summed E-state index contributed by atoms with van der Waals surface area (Å²) in [6, 6.07) is 11.4. The molecular weight excluding hydrogens is 200 g/mol. The average molecular weight is 214 g/mol. The second-order valence-corrected chi connectivity index (χ2v) is 3.69. The molecule has 0 amide bonds. The molecule has 0 atom stereocenters. The van der Waals surface area contributed by atoms with E-state index in [2.05, 4.69) is 6.92 Å². The standard InChI is InChI=1S/C14H14O2/c1-2-11-6-3-4-8-13(11)14(15)10-12-7-5-9-16-12/h3-9H,2,10H2,1H3. The number of hydrogen-bond acceptors (Lipinski definition) is 2. The fourth-order valence-corrected chi connectivity index (χ4v) is 1.77. The van der Waals surface area contributed by atoms with E-state index in [1.54, 1.807) is 12.3 Å². The minimum atomic E-state index is 0.118. The molecule has 0 bridgehead atoms. The Hall–Kier alpha value is -1.83. The van der Waals surface area contributed by atoms with Crippen LogP contribution >= 0.6 is 0 Å². The zero-order chi connectivity index (χ0) is 11.4. The van der Waals surface area contributed by atoms with Crippen LogP contribution in [-0.2, 0) is 12.8 Å². The molecule has 1 aromatic carbocycles. The molecule has 16 heavy (non-hydrogen) atoms. The number of furan rings is 1. The molecule has 1 aromatic heterocycles. The zero-order valence-corrected chi connectivity index (χ0v) is 9.27. The molecule has 0 saturated heterocycles. The topological polar surface area (TPSA) is 30.2 Å². The van der Waals surface area contributed by atoms with Gasteiger partial charge in [0.15, 0.2) is 5.78 Å². The van der Waals surface area contributed by atoms with Crippen molar-refractivity contribution in [3.8, 4) is 0 Å². The summed E-state index contributed by atoms with van der Waals surface area (Å²) in [6.07, 6.45) is 2.80. The van der Waals surface area contributed by atoms with Crippen LogP contribution in [0.2, 0.25) is 0 Å². The van der Waals surface area contributed by atoms with Crippen molar-refractivity contribution in [3.63, 3.8) is 0 Å². The van der Waals surface area contributed by atoms with E-state index in [1.807, 2.05) is 30.3 Å². The van der Waals surface area contributed by atoms with Crippen LogP contribution in [0.15, 0.2) is 47.1 Å². The van der Waals surface area contributed by atoms with Crippen molar-refractivity contribution >= 4 is 5.78 Å². The molecule has 0 unspecified atom stereocenters. The number of benzene rings is 1. The Morgan fingerprint density at radius 1 is 1.19 bits per heavy atom. The smallest absolute Gasteiger partial charge is 0.170 e.